The quantitative estimate of drug-likeness (QED) is 0.382. The molecule has 0 spiro atoms. The first-order chi connectivity index (χ1) is 15.9. The number of H-pyrrole nitrogens is 1. The molecule has 4 aromatic rings. The third kappa shape index (κ3) is 4.10. The summed E-state index contributed by atoms with van der Waals surface area (Å²) in [7, 11) is 0. The van der Waals surface area contributed by atoms with Crippen LogP contribution in [0, 0.1) is 0 Å². The summed E-state index contributed by atoms with van der Waals surface area (Å²) < 4.78 is 0. The van der Waals surface area contributed by atoms with Crippen LogP contribution in [0.2, 0.25) is 10.0 Å². The summed E-state index contributed by atoms with van der Waals surface area (Å²) in [6.07, 6.45) is 3.10. The number of benzene rings is 2. The minimum atomic E-state index is -0.194. The lowest BCUT2D eigenvalue weighted by Gasteiger charge is -2.23. The zero-order valence-electron chi connectivity index (χ0n) is 17.8. The van der Waals surface area contributed by atoms with E-state index in [0.29, 0.717) is 38.9 Å². The van der Waals surface area contributed by atoms with E-state index in [2.05, 4.69) is 25.3 Å². The van der Waals surface area contributed by atoms with E-state index < -0.39 is 0 Å². The predicted octanol–water partition coefficient (Wildman–Crippen LogP) is 4.58. The molecule has 1 aliphatic heterocycles. The summed E-state index contributed by atoms with van der Waals surface area (Å²) >= 11 is 12.6. The number of likely N-dealkylation sites (tertiary alicyclic amines) is 1. The van der Waals surface area contributed by atoms with Gasteiger partial charge in [0.05, 0.1) is 45.8 Å². The molecule has 170 valence electrons. The van der Waals surface area contributed by atoms with Gasteiger partial charge in [0, 0.05) is 17.0 Å². The number of anilines is 1. The summed E-state index contributed by atoms with van der Waals surface area (Å²) in [5, 5.41) is 14.6. The van der Waals surface area contributed by atoms with E-state index in [1.807, 2.05) is 25.1 Å². The number of fused-ring (bicyclic) bond motifs is 2. The molecule has 3 heterocycles. The molecule has 1 aliphatic rings. The van der Waals surface area contributed by atoms with E-state index in [1.54, 1.807) is 17.0 Å². The second kappa shape index (κ2) is 8.78. The molecule has 0 aliphatic carbocycles. The van der Waals surface area contributed by atoms with Crippen molar-refractivity contribution in [1.29, 1.82) is 0 Å². The highest BCUT2D eigenvalue weighted by molar-refractivity contribution is 6.35. The molecule has 1 fully saturated rings. The summed E-state index contributed by atoms with van der Waals surface area (Å²) in [6, 6.07) is 8.55. The maximum atomic E-state index is 13.1. The fraction of sp³-hybridized carbons (Fsp3) is 0.304. The smallest absolute Gasteiger partial charge is 0.255 e. The van der Waals surface area contributed by atoms with Crippen molar-refractivity contribution in [3.05, 3.63) is 58.1 Å². The van der Waals surface area contributed by atoms with Crippen molar-refractivity contribution >= 4 is 56.9 Å². The van der Waals surface area contributed by atoms with Crippen LogP contribution >= 0.6 is 23.2 Å². The van der Waals surface area contributed by atoms with E-state index in [1.165, 1.54) is 6.33 Å². The maximum absolute atomic E-state index is 13.1. The van der Waals surface area contributed by atoms with Gasteiger partial charge < -0.3 is 20.3 Å². The topological polar surface area (TPSA) is 107 Å². The van der Waals surface area contributed by atoms with Crippen LogP contribution in [0.15, 0.2) is 36.7 Å². The third-order valence-electron chi connectivity index (χ3n) is 6.03. The number of hydrogen-bond donors (Lipinski definition) is 3. The van der Waals surface area contributed by atoms with Gasteiger partial charge in [-0.2, -0.15) is 0 Å². The fourth-order valence-electron chi connectivity index (χ4n) is 4.28. The fourth-order valence-corrected chi connectivity index (χ4v) is 4.69. The van der Waals surface area contributed by atoms with Crippen molar-refractivity contribution in [3.8, 4) is 0 Å². The van der Waals surface area contributed by atoms with Gasteiger partial charge in [-0.05, 0) is 50.1 Å². The zero-order chi connectivity index (χ0) is 23.1. The molecule has 0 radical (unpaired) electrons. The molecule has 8 nitrogen and oxygen atoms in total. The summed E-state index contributed by atoms with van der Waals surface area (Å²) in [5.41, 5.74) is 2.65. The highest BCUT2D eigenvalue weighted by atomic mass is 35.5. The molecule has 0 unspecified atom stereocenters. The molecule has 10 heteroatoms. The number of aliphatic hydroxyl groups excluding tert-OH is 1. The number of amides is 1. The van der Waals surface area contributed by atoms with Crippen molar-refractivity contribution in [2.45, 2.75) is 31.8 Å². The Hall–Kier alpha value is -2.94. The lowest BCUT2D eigenvalue weighted by molar-refractivity contribution is 0.0678. The molecule has 2 aromatic heterocycles. The molecular formula is C23H22Cl2N6O2. The number of imidazole rings is 1. The van der Waals surface area contributed by atoms with Crippen LogP contribution in [-0.2, 0) is 0 Å². The SMILES string of the molecule is C[C@H](Nc1ncnc2cc(C(=O)N3CCC[C@H]3CO)c(Cl)cc12)c1nc2cc(Cl)ccc2[nH]1. The molecule has 1 saturated heterocycles. The lowest BCUT2D eigenvalue weighted by Crippen LogP contribution is -2.37. The van der Waals surface area contributed by atoms with Crippen LogP contribution in [0.5, 0.6) is 0 Å². The predicted molar refractivity (Wildman–Crippen MR) is 129 cm³/mol. The third-order valence-corrected chi connectivity index (χ3v) is 6.58. The molecular weight excluding hydrogens is 463 g/mol. The Labute approximate surface area is 200 Å². The minimum absolute atomic E-state index is 0.0565. The van der Waals surface area contributed by atoms with E-state index >= 15 is 0 Å². The van der Waals surface area contributed by atoms with Crippen molar-refractivity contribution < 1.29 is 9.90 Å². The first-order valence-corrected chi connectivity index (χ1v) is 11.5. The average Bonchev–Trinajstić information content (AvgIpc) is 3.45. The number of carbonyl (C=O) groups excluding carboxylic acids is 1. The van der Waals surface area contributed by atoms with Gasteiger partial charge in [0.2, 0.25) is 0 Å². The molecule has 3 N–H and O–H groups in total. The van der Waals surface area contributed by atoms with Gasteiger partial charge in [-0.1, -0.05) is 23.2 Å². The summed E-state index contributed by atoms with van der Waals surface area (Å²) in [5.74, 6) is 1.13. The molecule has 2 aromatic carbocycles. The van der Waals surface area contributed by atoms with E-state index in [0.717, 1.165) is 29.7 Å². The number of carbonyl (C=O) groups is 1. The van der Waals surface area contributed by atoms with Crippen LogP contribution < -0.4 is 5.32 Å². The number of aromatic amines is 1. The van der Waals surface area contributed by atoms with E-state index in [9.17, 15) is 9.90 Å². The van der Waals surface area contributed by atoms with Crippen LogP contribution in [0.4, 0.5) is 5.82 Å². The zero-order valence-corrected chi connectivity index (χ0v) is 19.4. The lowest BCUT2D eigenvalue weighted by atomic mass is 10.1. The summed E-state index contributed by atoms with van der Waals surface area (Å²) in [6.45, 7) is 2.52. The Kier molecular flexibility index (Phi) is 5.82. The molecule has 1 amide bonds. The molecule has 0 bridgehead atoms. The Morgan fingerprint density at radius 2 is 2.12 bits per heavy atom. The number of nitrogens with one attached hydrogen (secondary N) is 2. The standard InChI is InChI=1S/C23H22Cl2N6O2/c1-12(21-29-18-5-4-13(24)7-20(18)30-21)28-22-16-8-17(25)15(9-19(16)26-11-27-22)23(33)31-6-2-3-14(31)10-32/h4-5,7-9,11-12,14,32H,2-3,6,10H2,1H3,(H,29,30)(H,26,27,28)/t12-,14-/m0/s1. The number of nitrogens with zero attached hydrogens (tertiary/aromatic N) is 4. The van der Waals surface area contributed by atoms with Crippen LogP contribution in [0.3, 0.4) is 0 Å². The number of hydrogen-bond acceptors (Lipinski definition) is 6. The van der Waals surface area contributed by atoms with Gasteiger partial charge in [0.1, 0.15) is 18.0 Å². The second-order valence-corrected chi connectivity index (χ2v) is 9.04. The maximum Gasteiger partial charge on any atom is 0.255 e. The Morgan fingerprint density at radius 1 is 1.27 bits per heavy atom. The first-order valence-electron chi connectivity index (χ1n) is 10.7. The van der Waals surface area contributed by atoms with Crippen LogP contribution in [0.1, 0.15) is 42.0 Å². The first kappa shape index (κ1) is 21.9. The van der Waals surface area contributed by atoms with Gasteiger partial charge in [0.25, 0.3) is 5.91 Å². The molecule has 33 heavy (non-hydrogen) atoms. The van der Waals surface area contributed by atoms with Gasteiger partial charge in [0.15, 0.2) is 0 Å². The van der Waals surface area contributed by atoms with Crippen molar-refractivity contribution in [3.63, 3.8) is 0 Å². The normalized spacial score (nSPS) is 17.1. The highest BCUT2D eigenvalue weighted by Gasteiger charge is 2.30. The molecule has 2 atom stereocenters. The highest BCUT2D eigenvalue weighted by Crippen LogP contribution is 2.31. The van der Waals surface area contributed by atoms with E-state index in [4.69, 9.17) is 23.2 Å². The Balaban J connectivity index is 1.45. The summed E-state index contributed by atoms with van der Waals surface area (Å²) in [4.78, 5) is 31.4. The van der Waals surface area contributed by atoms with Gasteiger partial charge in [-0.15, -0.1) is 0 Å². The van der Waals surface area contributed by atoms with Crippen molar-refractivity contribution in [1.82, 2.24) is 24.8 Å². The molecule has 5 rings (SSSR count). The van der Waals surface area contributed by atoms with Crippen LogP contribution in [0.25, 0.3) is 21.9 Å². The van der Waals surface area contributed by atoms with Gasteiger partial charge >= 0.3 is 0 Å². The number of halogens is 2. The largest absolute Gasteiger partial charge is 0.394 e. The Bertz CT molecular complexity index is 1360. The van der Waals surface area contributed by atoms with Crippen molar-refractivity contribution in [2.24, 2.45) is 0 Å². The van der Waals surface area contributed by atoms with Gasteiger partial charge in [-0.3, -0.25) is 4.79 Å². The second-order valence-electron chi connectivity index (χ2n) is 8.20. The Morgan fingerprint density at radius 3 is 2.94 bits per heavy atom. The number of aromatic nitrogens is 4. The molecule has 0 saturated carbocycles. The minimum Gasteiger partial charge on any atom is -0.394 e. The number of rotatable bonds is 5. The van der Waals surface area contributed by atoms with Gasteiger partial charge in [-0.25, -0.2) is 15.0 Å². The monoisotopic (exact) mass is 484 g/mol. The average molecular weight is 485 g/mol. The number of aliphatic hydroxyl groups is 1. The van der Waals surface area contributed by atoms with Crippen LogP contribution in [-0.4, -0.2) is 55.0 Å². The van der Waals surface area contributed by atoms with Crippen molar-refractivity contribution in [2.75, 3.05) is 18.5 Å². The van der Waals surface area contributed by atoms with E-state index in [-0.39, 0.29) is 24.6 Å².